The molecule has 1 aromatic heterocycles. The van der Waals surface area contributed by atoms with Crippen LogP contribution in [0.1, 0.15) is 19.4 Å². The molecule has 0 saturated heterocycles. The van der Waals surface area contributed by atoms with Gasteiger partial charge in [0.2, 0.25) is 0 Å². The molecule has 0 spiro atoms. The Hall–Kier alpha value is -1.19. The fourth-order valence-electron chi connectivity index (χ4n) is 1.61. The standard InChI is InChI=1S/C14H16FNS/c1-14(2,9-16)10-7-13(17-8-10)11-5-3-4-6-12(11)15/h3-8H,9,16H2,1-2H3. The van der Waals surface area contributed by atoms with Gasteiger partial charge in [-0.15, -0.1) is 11.3 Å². The van der Waals surface area contributed by atoms with Gasteiger partial charge in [-0.1, -0.05) is 32.0 Å². The molecular weight excluding hydrogens is 233 g/mol. The number of thiophene rings is 1. The van der Waals surface area contributed by atoms with Crippen molar-refractivity contribution in [2.75, 3.05) is 6.54 Å². The summed E-state index contributed by atoms with van der Waals surface area (Å²) in [6, 6.07) is 8.89. The Morgan fingerprint density at radius 1 is 1.29 bits per heavy atom. The van der Waals surface area contributed by atoms with Crippen molar-refractivity contribution < 1.29 is 4.39 Å². The van der Waals surface area contributed by atoms with Crippen molar-refractivity contribution in [1.29, 1.82) is 0 Å². The van der Waals surface area contributed by atoms with Gasteiger partial charge in [0.25, 0.3) is 0 Å². The zero-order chi connectivity index (χ0) is 12.5. The molecule has 1 nitrogen and oxygen atoms in total. The topological polar surface area (TPSA) is 26.0 Å². The maximum Gasteiger partial charge on any atom is 0.131 e. The third-order valence-corrected chi connectivity index (χ3v) is 3.99. The predicted molar refractivity (Wildman–Crippen MR) is 71.8 cm³/mol. The van der Waals surface area contributed by atoms with E-state index >= 15 is 0 Å². The summed E-state index contributed by atoms with van der Waals surface area (Å²) in [5.41, 5.74) is 7.52. The first-order chi connectivity index (χ1) is 8.04. The lowest BCUT2D eigenvalue weighted by Gasteiger charge is -2.20. The smallest absolute Gasteiger partial charge is 0.131 e. The van der Waals surface area contributed by atoms with Gasteiger partial charge in [0.15, 0.2) is 0 Å². The van der Waals surface area contributed by atoms with Gasteiger partial charge in [0.1, 0.15) is 5.82 Å². The number of hydrogen-bond acceptors (Lipinski definition) is 2. The minimum Gasteiger partial charge on any atom is -0.330 e. The molecule has 0 atom stereocenters. The van der Waals surface area contributed by atoms with Crippen molar-refractivity contribution in [3.8, 4) is 10.4 Å². The van der Waals surface area contributed by atoms with Gasteiger partial charge in [-0.25, -0.2) is 4.39 Å². The summed E-state index contributed by atoms with van der Waals surface area (Å²) in [7, 11) is 0. The molecule has 90 valence electrons. The van der Waals surface area contributed by atoms with E-state index in [0.717, 1.165) is 4.88 Å². The average Bonchev–Trinajstić information content (AvgIpc) is 2.79. The average molecular weight is 249 g/mol. The molecule has 0 aliphatic carbocycles. The first-order valence-electron chi connectivity index (χ1n) is 5.58. The lowest BCUT2D eigenvalue weighted by atomic mass is 9.86. The van der Waals surface area contributed by atoms with Crippen molar-refractivity contribution in [3.63, 3.8) is 0 Å². The monoisotopic (exact) mass is 249 g/mol. The molecule has 0 unspecified atom stereocenters. The molecule has 0 aliphatic heterocycles. The van der Waals surface area contributed by atoms with Gasteiger partial charge >= 0.3 is 0 Å². The molecule has 2 N–H and O–H groups in total. The molecular formula is C14H16FNS. The van der Waals surface area contributed by atoms with E-state index in [0.29, 0.717) is 12.1 Å². The molecule has 3 heteroatoms. The van der Waals surface area contributed by atoms with Crippen molar-refractivity contribution in [2.24, 2.45) is 5.73 Å². The van der Waals surface area contributed by atoms with Crippen LogP contribution in [0.5, 0.6) is 0 Å². The molecule has 0 radical (unpaired) electrons. The van der Waals surface area contributed by atoms with Crippen LogP contribution in [0.2, 0.25) is 0 Å². The summed E-state index contributed by atoms with van der Waals surface area (Å²) in [5, 5.41) is 2.06. The van der Waals surface area contributed by atoms with E-state index in [2.05, 4.69) is 19.2 Å². The van der Waals surface area contributed by atoms with Gasteiger partial charge in [-0.2, -0.15) is 0 Å². The molecule has 1 aromatic carbocycles. The summed E-state index contributed by atoms with van der Waals surface area (Å²) >= 11 is 1.56. The second-order valence-corrected chi connectivity index (χ2v) is 5.68. The first kappa shape index (κ1) is 12.3. The molecule has 17 heavy (non-hydrogen) atoms. The zero-order valence-corrected chi connectivity index (χ0v) is 10.9. The zero-order valence-electron chi connectivity index (χ0n) is 10.0. The third-order valence-electron chi connectivity index (χ3n) is 3.03. The van der Waals surface area contributed by atoms with E-state index < -0.39 is 0 Å². The Bertz CT molecular complexity index is 516. The van der Waals surface area contributed by atoms with Crippen molar-refractivity contribution in [3.05, 3.63) is 47.1 Å². The van der Waals surface area contributed by atoms with Gasteiger partial charge in [-0.3, -0.25) is 0 Å². The highest BCUT2D eigenvalue weighted by molar-refractivity contribution is 7.13. The van der Waals surface area contributed by atoms with Crippen LogP contribution in [-0.4, -0.2) is 6.54 Å². The number of halogens is 1. The highest BCUT2D eigenvalue weighted by atomic mass is 32.1. The molecule has 0 bridgehead atoms. The largest absolute Gasteiger partial charge is 0.330 e. The quantitative estimate of drug-likeness (QED) is 0.880. The van der Waals surface area contributed by atoms with Crippen LogP contribution in [0, 0.1) is 5.82 Å². The second-order valence-electron chi connectivity index (χ2n) is 4.77. The van der Waals surface area contributed by atoms with Crippen LogP contribution >= 0.6 is 11.3 Å². The molecule has 0 saturated carbocycles. The van der Waals surface area contributed by atoms with E-state index in [-0.39, 0.29) is 11.2 Å². The molecule has 0 aliphatic rings. The molecule has 1 heterocycles. The fraction of sp³-hybridized carbons (Fsp3) is 0.286. The van der Waals surface area contributed by atoms with E-state index in [1.54, 1.807) is 23.5 Å². The molecule has 2 aromatic rings. The third kappa shape index (κ3) is 2.40. The first-order valence-corrected chi connectivity index (χ1v) is 6.46. The minimum absolute atomic E-state index is 0.0555. The Morgan fingerprint density at radius 2 is 2.00 bits per heavy atom. The summed E-state index contributed by atoms with van der Waals surface area (Å²) in [4.78, 5) is 0.958. The van der Waals surface area contributed by atoms with Crippen LogP contribution in [-0.2, 0) is 5.41 Å². The maximum absolute atomic E-state index is 13.6. The highest BCUT2D eigenvalue weighted by Crippen LogP contribution is 2.34. The lowest BCUT2D eigenvalue weighted by molar-refractivity contribution is 0.541. The van der Waals surface area contributed by atoms with Gasteiger partial charge in [-0.05, 0) is 23.1 Å². The van der Waals surface area contributed by atoms with Crippen molar-refractivity contribution in [1.82, 2.24) is 0 Å². The SMILES string of the molecule is CC(C)(CN)c1csc(-c2ccccc2F)c1. The highest BCUT2D eigenvalue weighted by Gasteiger charge is 2.20. The Balaban J connectivity index is 2.40. The second kappa shape index (κ2) is 4.59. The summed E-state index contributed by atoms with van der Waals surface area (Å²) in [6.07, 6.45) is 0. The normalized spacial score (nSPS) is 11.8. The van der Waals surface area contributed by atoms with Crippen LogP contribution < -0.4 is 5.73 Å². The fourth-order valence-corrected chi connectivity index (χ4v) is 2.74. The number of rotatable bonds is 3. The number of hydrogen-bond donors (Lipinski definition) is 1. The Morgan fingerprint density at radius 3 is 2.65 bits per heavy atom. The Labute approximate surface area is 105 Å². The summed E-state index contributed by atoms with van der Waals surface area (Å²) in [5.74, 6) is -0.175. The van der Waals surface area contributed by atoms with E-state index in [9.17, 15) is 4.39 Å². The lowest BCUT2D eigenvalue weighted by Crippen LogP contribution is -2.27. The molecule has 0 fully saturated rings. The van der Waals surface area contributed by atoms with E-state index in [4.69, 9.17) is 5.73 Å². The van der Waals surface area contributed by atoms with Gasteiger partial charge in [0.05, 0.1) is 0 Å². The predicted octanol–water partition coefficient (Wildman–Crippen LogP) is 3.79. The van der Waals surface area contributed by atoms with E-state index in [1.807, 2.05) is 12.1 Å². The number of nitrogens with two attached hydrogens (primary N) is 1. The molecule has 0 amide bonds. The van der Waals surface area contributed by atoms with Gasteiger partial charge < -0.3 is 5.73 Å². The van der Waals surface area contributed by atoms with Crippen molar-refractivity contribution >= 4 is 11.3 Å². The molecule has 2 rings (SSSR count). The van der Waals surface area contributed by atoms with Crippen LogP contribution in [0.15, 0.2) is 35.7 Å². The van der Waals surface area contributed by atoms with Crippen LogP contribution in [0.4, 0.5) is 4.39 Å². The van der Waals surface area contributed by atoms with Crippen molar-refractivity contribution in [2.45, 2.75) is 19.3 Å². The summed E-state index contributed by atoms with van der Waals surface area (Å²) in [6.45, 7) is 4.78. The minimum atomic E-state index is -0.175. The van der Waals surface area contributed by atoms with Gasteiger partial charge in [0, 0.05) is 22.4 Å². The summed E-state index contributed by atoms with van der Waals surface area (Å²) < 4.78 is 13.6. The maximum atomic E-state index is 13.6. The number of benzene rings is 1. The van der Waals surface area contributed by atoms with Crippen LogP contribution in [0.25, 0.3) is 10.4 Å². The van der Waals surface area contributed by atoms with E-state index in [1.165, 1.54) is 11.6 Å². The Kier molecular flexibility index (Phi) is 3.31. The van der Waals surface area contributed by atoms with Crippen LogP contribution in [0.3, 0.4) is 0 Å².